The minimum atomic E-state index is 0.0925. The van der Waals surface area contributed by atoms with Gasteiger partial charge in [0.25, 0.3) is 0 Å². The largest absolute Gasteiger partial charge is 0.467 e. The Morgan fingerprint density at radius 1 is 1.69 bits per heavy atom. The molecular formula is C11H16O2. The highest BCUT2D eigenvalue weighted by atomic mass is 16.5. The van der Waals surface area contributed by atoms with Crippen LogP contribution in [-0.2, 0) is 4.74 Å². The lowest BCUT2D eigenvalue weighted by Gasteiger charge is -2.11. The maximum absolute atomic E-state index is 5.31. The molecule has 0 N–H and O–H groups in total. The van der Waals surface area contributed by atoms with Gasteiger partial charge in [-0.2, -0.15) is 0 Å². The van der Waals surface area contributed by atoms with Crippen molar-refractivity contribution in [3.8, 4) is 0 Å². The van der Waals surface area contributed by atoms with Crippen LogP contribution >= 0.6 is 0 Å². The Labute approximate surface area is 79.2 Å². The molecule has 1 heterocycles. The van der Waals surface area contributed by atoms with Gasteiger partial charge in [-0.15, -0.1) is 6.58 Å². The van der Waals surface area contributed by atoms with Gasteiger partial charge in [-0.05, 0) is 31.4 Å². The van der Waals surface area contributed by atoms with Crippen molar-refractivity contribution in [3.05, 3.63) is 36.8 Å². The van der Waals surface area contributed by atoms with Crippen LogP contribution < -0.4 is 0 Å². The van der Waals surface area contributed by atoms with E-state index in [1.54, 1.807) is 13.4 Å². The number of furan rings is 1. The van der Waals surface area contributed by atoms with Crippen LogP contribution in [0.5, 0.6) is 0 Å². The number of hydrogen-bond acceptors (Lipinski definition) is 2. The van der Waals surface area contributed by atoms with Crippen LogP contribution in [0.4, 0.5) is 0 Å². The van der Waals surface area contributed by atoms with Gasteiger partial charge in [0.2, 0.25) is 0 Å². The minimum Gasteiger partial charge on any atom is -0.467 e. The highest BCUT2D eigenvalue weighted by molar-refractivity contribution is 5.02. The molecule has 2 heteroatoms. The van der Waals surface area contributed by atoms with Gasteiger partial charge in [-0.3, -0.25) is 0 Å². The molecule has 72 valence electrons. The summed E-state index contributed by atoms with van der Waals surface area (Å²) in [6.45, 7) is 3.68. The first kappa shape index (κ1) is 10.1. The molecule has 0 aliphatic carbocycles. The molecule has 0 saturated heterocycles. The first-order valence-corrected chi connectivity index (χ1v) is 4.55. The molecule has 0 amide bonds. The van der Waals surface area contributed by atoms with E-state index in [1.165, 1.54) is 0 Å². The zero-order chi connectivity index (χ0) is 9.52. The van der Waals surface area contributed by atoms with E-state index in [0.29, 0.717) is 0 Å². The Balaban J connectivity index is 2.39. The quantitative estimate of drug-likeness (QED) is 0.495. The summed E-state index contributed by atoms with van der Waals surface area (Å²) >= 11 is 0. The molecule has 1 unspecified atom stereocenters. The molecule has 13 heavy (non-hydrogen) atoms. The third kappa shape index (κ3) is 3.07. The maximum atomic E-state index is 5.31. The Morgan fingerprint density at radius 3 is 3.08 bits per heavy atom. The summed E-state index contributed by atoms with van der Waals surface area (Å²) in [5, 5.41) is 0. The van der Waals surface area contributed by atoms with Crippen molar-refractivity contribution in [1.82, 2.24) is 0 Å². The zero-order valence-corrected chi connectivity index (χ0v) is 8.03. The monoisotopic (exact) mass is 180 g/mol. The van der Waals surface area contributed by atoms with Gasteiger partial charge >= 0.3 is 0 Å². The van der Waals surface area contributed by atoms with Gasteiger partial charge in [0.1, 0.15) is 11.9 Å². The van der Waals surface area contributed by atoms with E-state index < -0.39 is 0 Å². The van der Waals surface area contributed by atoms with Gasteiger partial charge in [-0.25, -0.2) is 0 Å². The van der Waals surface area contributed by atoms with Crippen LogP contribution in [0, 0.1) is 0 Å². The Bertz CT molecular complexity index is 226. The van der Waals surface area contributed by atoms with Crippen molar-refractivity contribution in [2.45, 2.75) is 25.4 Å². The SMILES string of the molecule is C=CCCCC(OC)c1ccco1. The topological polar surface area (TPSA) is 22.4 Å². The fourth-order valence-electron chi connectivity index (χ4n) is 1.30. The number of ether oxygens (including phenoxy) is 1. The van der Waals surface area contributed by atoms with Crippen molar-refractivity contribution < 1.29 is 9.15 Å². The summed E-state index contributed by atoms with van der Waals surface area (Å²) in [6.07, 6.45) is 6.79. The van der Waals surface area contributed by atoms with Crippen LogP contribution in [0.15, 0.2) is 35.5 Å². The normalized spacial score (nSPS) is 12.7. The van der Waals surface area contributed by atoms with E-state index in [2.05, 4.69) is 6.58 Å². The Kier molecular flexibility index (Phi) is 4.33. The summed E-state index contributed by atoms with van der Waals surface area (Å²) in [4.78, 5) is 0. The molecule has 0 aromatic carbocycles. The van der Waals surface area contributed by atoms with Crippen molar-refractivity contribution in [1.29, 1.82) is 0 Å². The summed E-state index contributed by atoms with van der Waals surface area (Å²) < 4.78 is 10.6. The predicted molar refractivity (Wildman–Crippen MR) is 52.5 cm³/mol. The fourth-order valence-corrected chi connectivity index (χ4v) is 1.30. The zero-order valence-electron chi connectivity index (χ0n) is 8.03. The average molecular weight is 180 g/mol. The lowest BCUT2D eigenvalue weighted by molar-refractivity contribution is 0.0752. The lowest BCUT2D eigenvalue weighted by atomic mass is 10.1. The smallest absolute Gasteiger partial charge is 0.132 e. The molecule has 0 bridgehead atoms. The number of allylic oxidation sites excluding steroid dienone is 1. The third-order valence-electron chi connectivity index (χ3n) is 2.02. The van der Waals surface area contributed by atoms with E-state index in [0.717, 1.165) is 25.0 Å². The second kappa shape index (κ2) is 5.60. The number of rotatable bonds is 6. The lowest BCUT2D eigenvalue weighted by Crippen LogP contribution is -1.99. The van der Waals surface area contributed by atoms with Gasteiger partial charge < -0.3 is 9.15 Å². The van der Waals surface area contributed by atoms with Crippen LogP contribution in [0.1, 0.15) is 31.1 Å². The Hall–Kier alpha value is -1.02. The third-order valence-corrected chi connectivity index (χ3v) is 2.02. The average Bonchev–Trinajstić information content (AvgIpc) is 2.65. The van der Waals surface area contributed by atoms with E-state index >= 15 is 0 Å². The molecule has 0 saturated carbocycles. The van der Waals surface area contributed by atoms with Crippen molar-refractivity contribution in [2.24, 2.45) is 0 Å². The molecule has 1 aromatic rings. The molecule has 0 radical (unpaired) electrons. The van der Waals surface area contributed by atoms with Crippen LogP contribution in [0.25, 0.3) is 0 Å². The molecule has 1 aromatic heterocycles. The molecule has 0 aliphatic rings. The van der Waals surface area contributed by atoms with Crippen molar-refractivity contribution in [2.75, 3.05) is 7.11 Å². The Morgan fingerprint density at radius 2 is 2.54 bits per heavy atom. The molecule has 0 fully saturated rings. The molecule has 2 nitrogen and oxygen atoms in total. The molecule has 0 spiro atoms. The first-order chi connectivity index (χ1) is 6.38. The van der Waals surface area contributed by atoms with Crippen LogP contribution in [-0.4, -0.2) is 7.11 Å². The maximum Gasteiger partial charge on any atom is 0.132 e. The standard InChI is InChI=1S/C11H16O2/c1-3-4-5-7-10(12-2)11-8-6-9-13-11/h3,6,8-10H,1,4-5,7H2,2H3. The van der Waals surface area contributed by atoms with Crippen molar-refractivity contribution in [3.63, 3.8) is 0 Å². The molecule has 1 rings (SSSR count). The summed E-state index contributed by atoms with van der Waals surface area (Å²) in [6, 6.07) is 3.83. The van der Waals surface area contributed by atoms with Crippen molar-refractivity contribution >= 4 is 0 Å². The van der Waals surface area contributed by atoms with Gasteiger partial charge in [0.05, 0.1) is 6.26 Å². The summed E-state index contributed by atoms with van der Waals surface area (Å²) in [5.41, 5.74) is 0. The summed E-state index contributed by atoms with van der Waals surface area (Å²) in [7, 11) is 1.71. The predicted octanol–water partition coefficient (Wildman–Crippen LogP) is 3.32. The number of hydrogen-bond donors (Lipinski definition) is 0. The highest BCUT2D eigenvalue weighted by Crippen LogP contribution is 2.22. The van der Waals surface area contributed by atoms with E-state index in [9.17, 15) is 0 Å². The molecule has 1 atom stereocenters. The number of methoxy groups -OCH3 is 1. The second-order valence-corrected chi connectivity index (χ2v) is 2.96. The van der Waals surface area contributed by atoms with Crippen LogP contribution in [0.3, 0.4) is 0 Å². The minimum absolute atomic E-state index is 0.0925. The van der Waals surface area contributed by atoms with Crippen LogP contribution in [0.2, 0.25) is 0 Å². The first-order valence-electron chi connectivity index (χ1n) is 4.55. The highest BCUT2D eigenvalue weighted by Gasteiger charge is 2.11. The molecular weight excluding hydrogens is 164 g/mol. The van der Waals surface area contributed by atoms with E-state index in [-0.39, 0.29) is 6.10 Å². The second-order valence-electron chi connectivity index (χ2n) is 2.96. The van der Waals surface area contributed by atoms with Gasteiger partial charge in [-0.1, -0.05) is 6.08 Å². The summed E-state index contributed by atoms with van der Waals surface area (Å²) in [5.74, 6) is 0.909. The van der Waals surface area contributed by atoms with Gasteiger partial charge in [0, 0.05) is 7.11 Å². The van der Waals surface area contributed by atoms with E-state index in [1.807, 2.05) is 18.2 Å². The van der Waals surface area contributed by atoms with Gasteiger partial charge in [0.15, 0.2) is 0 Å². The van der Waals surface area contributed by atoms with E-state index in [4.69, 9.17) is 9.15 Å². The molecule has 0 aliphatic heterocycles. The fraction of sp³-hybridized carbons (Fsp3) is 0.455. The number of unbranched alkanes of at least 4 members (excludes halogenated alkanes) is 1.